The number of nitrogens with one attached hydrogen (secondary N) is 1. The summed E-state index contributed by atoms with van der Waals surface area (Å²) in [5, 5.41) is 20.3. The van der Waals surface area contributed by atoms with Crippen LogP contribution in [-0.4, -0.2) is 37.7 Å². The zero-order valence-electron chi connectivity index (χ0n) is 14.8. The van der Waals surface area contributed by atoms with Crippen molar-refractivity contribution in [3.63, 3.8) is 0 Å². The van der Waals surface area contributed by atoms with E-state index < -0.39 is 39.9 Å². The molecule has 0 aliphatic carbocycles. The summed E-state index contributed by atoms with van der Waals surface area (Å²) in [4.78, 5) is 11.4. The first-order valence-electron chi connectivity index (χ1n) is 8.43. The maximum absolute atomic E-state index is 15.2. The molecule has 0 unspecified atom stereocenters. The molecular weight excluding hydrogens is 407 g/mol. The van der Waals surface area contributed by atoms with Crippen molar-refractivity contribution in [1.29, 1.82) is 0 Å². The molecule has 1 saturated heterocycles. The van der Waals surface area contributed by atoms with E-state index in [1.807, 2.05) is 0 Å². The van der Waals surface area contributed by atoms with Crippen molar-refractivity contribution in [1.82, 2.24) is 4.72 Å². The van der Waals surface area contributed by atoms with Gasteiger partial charge in [0.1, 0.15) is 23.7 Å². The molecule has 1 fully saturated rings. The fraction of sp³-hybridized carbons (Fsp3) is 0.167. The number of carbonyl (C=O) groups excluding carboxylic acids is 1. The van der Waals surface area contributed by atoms with E-state index in [1.165, 1.54) is 18.4 Å². The number of hydrogen-bond acceptors (Lipinski definition) is 7. The number of amides is 1. The molecule has 1 aliphatic rings. The lowest BCUT2D eigenvalue weighted by atomic mass is 10.1. The van der Waals surface area contributed by atoms with Gasteiger partial charge in [0.2, 0.25) is 0 Å². The van der Waals surface area contributed by atoms with E-state index in [0.717, 1.165) is 6.07 Å². The normalized spacial score (nSPS) is 15.6. The standard InChI is InChI=1S/C18H15FN2O7S/c19-17-12-8-15(28-5-3-11-2-1-4-27-11)13(22)6-10(12)7-14(23)18(17)21-9-16(24)20-29(21,25)26/h1-2,4,6-8,22-23H,3,5,9H2,(H,20,24). The molecule has 3 aromatic rings. The first-order valence-corrected chi connectivity index (χ1v) is 9.87. The number of hydrogen-bond donors (Lipinski definition) is 3. The van der Waals surface area contributed by atoms with Gasteiger partial charge in [-0.1, -0.05) is 0 Å². The van der Waals surface area contributed by atoms with Crippen molar-refractivity contribution >= 4 is 32.6 Å². The Kier molecular flexibility index (Phi) is 4.46. The van der Waals surface area contributed by atoms with Gasteiger partial charge in [-0.2, -0.15) is 8.42 Å². The number of anilines is 1. The zero-order chi connectivity index (χ0) is 20.8. The van der Waals surface area contributed by atoms with E-state index >= 15 is 4.39 Å². The Labute approximate surface area is 164 Å². The van der Waals surface area contributed by atoms with Gasteiger partial charge >= 0.3 is 10.2 Å². The topological polar surface area (TPSA) is 129 Å². The zero-order valence-corrected chi connectivity index (χ0v) is 15.6. The summed E-state index contributed by atoms with van der Waals surface area (Å²) in [6, 6.07) is 6.95. The number of rotatable bonds is 5. The highest BCUT2D eigenvalue weighted by atomic mass is 32.2. The second-order valence-corrected chi connectivity index (χ2v) is 7.91. The largest absolute Gasteiger partial charge is 0.506 e. The molecule has 2 aromatic carbocycles. The molecule has 0 atom stereocenters. The van der Waals surface area contributed by atoms with Crippen molar-refractivity contribution in [3.05, 3.63) is 48.2 Å². The number of furan rings is 1. The Bertz CT molecular complexity index is 1210. The molecular formula is C18H15FN2O7S. The average Bonchev–Trinajstić information content (AvgIpc) is 3.23. The molecule has 0 spiro atoms. The van der Waals surface area contributed by atoms with Crippen LogP contribution in [0.25, 0.3) is 10.8 Å². The first kappa shape index (κ1) is 18.9. The van der Waals surface area contributed by atoms with Crippen LogP contribution in [0.3, 0.4) is 0 Å². The monoisotopic (exact) mass is 422 g/mol. The number of aromatic hydroxyl groups is 2. The van der Waals surface area contributed by atoms with Crippen LogP contribution in [0.15, 0.2) is 41.0 Å². The molecule has 1 amide bonds. The lowest BCUT2D eigenvalue weighted by Gasteiger charge is -2.18. The fourth-order valence-electron chi connectivity index (χ4n) is 3.06. The summed E-state index contributed by atoms with van der Waals surface area (Å²) in [6.07, 6.45) is 1.92. The van der Waals surface area contributed by atoms with Gasteiger partial charge in [0, 0.05) is 11.8 Å². The molecule has 1 aromatic heterocycles. The smallest absolute Gasteiger partial charge is 0.326 e. The predicted octanol–water partition coefficient (Wildman–Crippen LogP) is 1.79. The number of phenolic OH excluding ortho intramolecular Hbond substituents is 2. The summed E-state index contributed by atoms with van der Waals surface area (Å²) in [5.74, 6) is -2.26. The molecule has 29 heavy (non-hydrogen) atoms. The second kappa shape index (κ2) is 6.85. The van der Waals surface area contributed by atoms with E-state index in [4.69, 9.17) is 9.15 Å². The molecule has 0 bridgehead atoms. The number of carbonyl (C=O) groups is 1. The van der Waals surface area contributed by atoms with Gasteiger partial charge in [0.05, 0.1) is 12.9 Å². The van der Waals surface area contributed by atoms with Crippen molar-refractivity contribution < 1.29 is 37.0 Å². The van der Waals surface area contributed by atoms with Crippen LogP contribution in [0, 0.1) is 5.82 Å². The lowest BCUT2D eigenvalue weighted by molar-refractivity contribution is -0.117. The maximum Gasteiger partial charge on any atom is 0.326 e. The molecule has 1 aliphatic heterocycles. The van der Waals surface area contributed by atoms with Gasteiger partial charge in [-0.15, -0.1) is 0 Å². The van der Waals surface area contributed by atoms with Gasteiger partial charge in [-0.3, -0.25) is 4.79 Å². The van der Waals surface area contributed by atoms with Crippen LogP contribution in [0.2, 0.25) is 0 Å². The van der Waals surface area contributed by atoms with Crippen LogP contribution >= 0.6 is 0 Å². The van der Waals surface area contributed by atoms with Crippen molar-refractivity contribution in [2.75, 3.05) is 17.5 Å². The molecule has 11 heteroatoms. The minimum absolute atomic E-state index is 0.0296. The summed E-state index contributed by atoms with van der Waals surface area (Å²) in [7, 11) is -4.32. The van der Waals surface area contributed by atoms with E-state index in [-0.39, 0.29) is 28.9 Å². The highest BCUT2D eigenvalue weighted by Crippen LogP contribution is 2.41. The summed E-state index contributed by atoms with van der Waals surface area (Å²) < 4.78 is 52.0. The Morgan fingerprint density at radius 3 is 2.66 bits per heavy atom. The van der Waals surface area contributed by atoms with Crippen LogP contribution < -0.4 is 13.8 Å². The number of phenols is 2. The number of ether oxygens (including phenoxy) is 1. The van der Waals surface area contributed by atoms with Crippen molar-refractivity contribution in [3.8, 4) is 17.2 Å². The summed E-state index contributed by atoms with van der Waals surface area (Å²) in [5.41, 5.74) is -0.664. The molecule has 2 heterocycles. The Balaban J connectivity index is 1.72. The van der Waals surface area contributed by atoms with Gasteiger partial charge in [0.15, 0.2) is 17.3 Å². The quantitative estimate of drug-likeness (QED) is 0.572. The Morgan fingerprint density at radius 1 is 1.24 bits per heavy atom. The number of fused-ring (bicyclic) bond motifs is 1. The molecule has 3 N–H and O–H groups in total. The average molecular weight is 422 g/mol. The van der Waals surface area contributed by atoms with Gasteiger partial charge in [-0.25, -0.2) is 13.4 Å². The summed E-state index contributed by atoms with van der Waals surface area (Å²) in [6.45, 7) is -0.527. The molecule has 4 rings (SSSR count). The van der Waals surface area contributed by atoms with E-state index in [0.29, 0.717) is 16.5 Å². The van der Waals surface area contributed by atoms with Gasteiger partial charge in [0.25, 0.3) is 5.91 Å². The Morgan fingerprint density at radius 2 is 2.00 bits per heavy atom. The third-order valence-electron chi connectivity index (χ3n) is 4.37. The minimum Gasteiger partial charge on any atom is -0.506 e. The number of nitrogens with zero attached hydrogens (tertiary/aromatic N) is 1. The highest BCUT2D eigenvalue weighted by Gasteiger charge is 2.38. The van der Waals surface area contributed by atoms with Crippen LogP contribution in [0.4, 0.5) is 10.1 Å². The van der Waals surface area contributed by atoms with Gasteiger partial charge in [-0.05, 0) is 35.7 Å². The second-order valence-electron chi connectivity index (χ2n) is 6.31. The van der Waals surface area contributed by atoms with Gasteiger partial charge < -0.3 is 19.4 Å². The third kappa shape index (κ3) is 3.40. The molecule has 0 saturated carbocycles. The summed E-state index contributed by atoms with van der Waals surface area (Å²) >= 11 is 0. The van der Waals surface area contributed by atoms with Crippen molar-refractivity contribution in [2.45, 2.75) is 6.42 Å². The van der Waals surface area contributed by atoms with Crippen LogP contribution in [0.5, 0.6) is 17.2 Å². The maximum atomic E-state index is 15.2. The third-order valence-corrected chi connectivity index (χ3v) is 5.74. The van der Waals surface area contributed by atoms with E-state index in [1.54, 1.807) is 16.9 Å². The van der Waals surface area contributed by atoms with Crippen LogP contribution in [-0.2, 0) is 21.4 Å². The molecule has 152 valence electrons. The number of halogens is 1. The minimum atomic E-state index is -4.32. The van der Waals surface area contributed by atoms with E-state index in [2.05, 4.69) is 0 Å². The predicted molar refractivity (Wildman–Crippen MR) is 99.6 cm³/mol. The lowest BCUT2D eigenvalue weighted by Crippen LogP contribution is -2.30. The number of benzene rings is 2. The van der Waals surface area contributed by atoms with Crippen molar-refractivity contribution in [2.24, 2.45) is 0 Å². The van der Waals surface area contributed by atoms with Crippen LogP contribution in [0.1, 0.15) is 5.76 Å². The molecule has 9 nitrogen and oxygen atoms in total. The first-order chi connectivity index (χ1) is 13.8. The SMILES string of the molecule is O=C1CN(c2c(O)cc3cc(O)c(OCCc4ccco4)cc3c2F)S(=O)(=O)N1. The Hall–Kier alpha value is -3.47. The highest BCUT2D eigenvalue weighted by molar-refractivity contribution is 7.92. The molecule has 0 radical (unpaired) electrons. The van der Waals surface area contributed by atoms with E-state index in [9.17, 15) is 23.4 Å². The fourth-order valence-corrected chi connectivity index (χ4v) is 4.23.